The zero-order chi connectivity index (χ0) is 14.9. The molecule has 6 nitrogen and oxygen atoms in total. The van der Waals surface area contributed by atoms with Crippen molar-refractivity contribution in [2.45, 2.75) is 0 Å². The predicted octanol–water partition coefficient (Wildman–Crippen LogP) is 3.53. The number of H-pyrrole nitrogens is 1. The smallest absolute Gasteiger partial charge is 0.210 e. The monoisotopic (exact) mass is 309 g/mol. The Bertz CT molecular complexity index is 946. The summed E-state index contributed by atoms with van der Waals surface area (Å²) in [5, 5.41) is 30.4. The van der Waals surface area contributed by atoms with E-state index in [0.29, 0.717) is 5.13 Å². The van der Waals surface area contributed by atoms with Crippen molar-refractivity contribution in [1.29, 1.82) is 0 Å². The fraction of sp³-hybridized carbons (Fsp3) is 0. The lowest BCUT2D eigenvalue weighted by atomic mass is 10.2. The molecule has 0 unspecified atom stereocenters. The van der Waals surface area contributed by atoms with Gasteiger partial charge in [0.2, 0.25) is 5.13 Å². The lowest BCUT2D eigenvalue weighted by molar-refractivity contribution is 0.475. The van der Waals surface area contributed by atoms with Crippen LogP contribution in [0, 0.1) is 0 Å². The molecule has 2 heterocycles. The summed E-state index contributed by atoms with van der Waals surface area (Å²) in [6, 6.07) is 12.9. The van der Waals surface area contributed by atoms with Gasteiger partial charge in [-0.25, -0.2) is 0 Å². The van der Waals surface area contributed by atoms with E-state index in [2.05, 4.69) is 25.7 Å². The van der Waals surface area contributed by atoms with E-state index < -0.39 is 0 Å². The van der Waals surface area contributed by atoms with E-state index in [-0.39, 0.29) is 5.75 Å². The van der Waals surface area contributed by atoms with Crippen LogP contribution in [0.15, 0.2) is 48.7 Å². The number of nitrogens with zero attached hydrogens (tertiary/aromatic N) is 3. The van der Waals surface area contributed by atoms with Gasteiger partial charge >= 0.3 is 0 Å². The molecule has 4 rings (SSSR count). The Morgan fingerprint density at radius 3 is 2.95 bits per heavy atom. The van der Waals surface area contributed by atoms with Crippen molar-refractivity contribution in [2.24, 2.45) is 0 Å². The van der Waals surface area contributed by atoms with E-state index in [1.54, 1.807) is 24.4 Å². The lowest BCUT2D eigenvalue weighted by Gasteiger charge is -2.01. The molecule has 0 aliphatic heterocycles. The van der Waals surface area contributed by atoms with Gasteiger partial charge in [0.1, 0.15) is 10.8 Å². The number of aromatic hydroxyl groups is 1. The maximum Gasteiger partial charge on any atom is 0.210 e. The van der Waals surface area contributed by atoms with Crippen LogP contribution in [-0.2, 0) is 0 Å². The highest BCUT2D eigenvalue weighted by molar-refractivity contribution is 7.18. The average Bonchev–Trinajstić information content (AvgIpc) is 3.16. The summed E-state index contributed by atoms with van der Waals surface area (Å²) < 4.78 is 0. The van der Waals surface area contributed by atoms with Crippen molar-refractivity contribution < 1.29 is 5.11 Å². The molecule has 0 fully saturated rings. The molecule has 4 aromatic rings. The molecule has 0 aliphatic rings. The van der Waals surface area contributed by atoms with Crippen molar-refractivity contribution in [3.8, 4) is 16.3 Å². The summed E-state index contributed by atoms with van der Waals surface area (Å²) >= 11 is 1.43. The number of phenols is 1. The molecule has 22 heavy (non-hydrogen) atoms. The van der Waals surface area contributed by atoms with E-state index in [9.17, 15) is 5.11 Å². The molecule has 0 atom stereocenters. The number of nitrogens with one attached hydrogen (secondary N) is 2. The van der Waals surface area contributed by atoms with Crippen LogP contribution in [0.3, 0.4) is 0 Å². The van der Waals surface area contributed by atoms with Crippen molar-refractivity contribution in [3.05, 3.63) is 48.7 Å². The zero-order valence-electron chi connectivity index (χ0n) is 11.3. The van der Waals surface area contributed by atoms with Crippen molar-refractivity contribution in [1.82, 2.24) is 20.4 Å². The third-order valence-corrected chi connectivity index (χ3v) is 4.10. The second kappa shape index (κ2) is 5.12. The van der Waals surface area contributed by atoms with Gasteiger partial charge in [-0.05, 0) is 30.3 Å². The Kier molecular flexibility index (Phi) is 2.97. The first-order valence-electron chi connectivity index (χ1n) is 6.61. The maximum atomic E-state index is 9.53. The Morgan fingerprint density at radius 2 is 2.05 bits per heavy atom. The van der Waals surface area contributed by atoms with Gasteiger partial charge in [0.15, 0.2) is 0 Å². The van der Waals surface area contributed by atoms with Crippen LogP contribution >= 0.6 is 11.3 Å². The molecule has 7 heteroatoms. The van der Waals surface area contributed by atoms with Gasteiger partial charge in [-0.15, -0.1) is 10.2 Å². The molecule has 108 valence electrons. The standard InChI is InChI=1S/C15H11N5OS/c21-12-3-1-2-9(7-12)14-19-20-15(22-14)17-11-4-5-13-10(6-11)8-16-18-13/h1-8,21H,(H,16,18)(H,17,20). The molecule has 2 aromatic heterocycles. The van der Waals surface area contributed by atoms with Gasteiger partial charge in [-0.2, -0.15) is 5.10 Å². The summed E-state index contributed by atoms with van der Waals surface area (Å²) in [5.74, 6) is 0.215. The number of phenolic OH excluding ortho intramolecular Hbond substituents is 1. The fourth-order valence-corrected chi connectivity index (χ4v) is 2.93. The first kappa shape index (κ1) is 12.8. The van der Waals surface area contributed by atoms with Gasteiger partial charge in [0, 0.05) is 16.6 Å². The number of rotatable bonds is 3. The van der Waals surface area contributed by atoms with E-state index in [0.717, 1.165) is 27.2 Å². The van der Waals surface area contributed by atoms with Crippen molar-refractivity contribution in [2.75, 3.05) is 5.32 Å². The van der Waals surface area contributed by atoms with Crippen LogP contribution in [0.1, 0.15) is 0 Å². The van der Waals surface area contributed by atoms with Crippen LogP contribution in [0.25, 0.3) is 21.5 Å². The average molecular weight is 309 g/mol. The van der Waals surface area contributed by atoms with E-state index >= 15 is 0 Å². The minimum Gasteiger partial charge on any atom is -0.508 e. The Balaban J connectivity index is 1.61. The molecule has 0 saturated carbocycles. The molecule has 0 aliphatic carbocycles. The summed E-state index contributed by atoms with van der Waals surface area (Å²) in [4.78, 5) is 0. The highest BCUT2D eigenvalue weighted by atomic mass is 32.1. The van der Waals surface area contributed by atoms with Gasteiger partial charge in [0.05, 0.1) is 11.7 Å². The van der Waals surface area contributed by atoms with Crippen molar-refractivity contribution in [3.63, 3.8) is 0 Å². The summed E-state index contributed by atoms with van der Waals surface area (Å²) in [5.41, 5.74) is 2.76. The largest absolute Gasteiger partial charge is 0.508 e. The Morgan fingerprint density at radius 1 is 1.09 bits per heavy atom. The highest BCUT2D eigenvalue weighted by Gasteiger charge is 2.08. The van der Waals surface area contributed by atoms with Gasteiger partial charge < -0.3 is 10.4 Å². The summed E-state index contributed by atoms with van der Waals surface area (Å²) in [7, 11) is 0. The zero-order valence-corrected chi connectivity index (χ0v) is 12.1. The minimum absolute atomic E-state index is 0.215. The number of aromatic nitrogens is 4. The molecule has 0 spiro atoms. The number of anilines is 2. The molecule has 0 amide bonds. The fourth-order valence-electron chi connectivity index (χ4n) is 2.17. The molecular weight excluding hydrogens is 298 g/mol. The third kappa shape index (κ3) is 2.38. The first-order valence-corrected chi connectivity index (χ1v) is 7.43. The molecule has 0 bridgehead atoms. The van der Waals surface area contributed by atoms with Crippen LogP contribution in [-0.4, -0.2) is 25.5 Å². The summed E-state index contributed by atoms with van der Waals surface area (Å²) in [6.45, 7) is 0. The normalized spacial score (nSPS) is 10.9. The van der Waals surface area contributed by atoms with Crippen LogP contribution < -0.4 is 5.32 Å². The number of fused-ring (bicyclic) bond motifs is 1. The highest BCUT2D eigenvalue weighted by Crippen LogP contribution is 2.30. The number of aromatic amines is 1. The molecule has 3 N–H and O–H groups in total. The number of benzene rings is 2. The quantitative estimate of drug-likeness (QED) is 0.539. The summed E-state index contributed by atoms with van der Waals surface area (Å²) in [6.07, 6.45) is 1.78. The molecule has 0 saturated heterocycles. The first-order chi connectivity index (χ1) is 10.8. The van der Waals surface area contributed by atoms with E-state index in [1.165, 1.54) is 11.3 Å². The van der Waals surface area contributed by atoms with Gasteiger partial charge in [-0.3, -0.25) is 5.10 Å². The Hall–Kier alpha value is -2.93. The number of hydrogen-bond acceptors (Lipinski definition) is 6. The van der Waals surface area contributed by atoms with E-state index in [1.807, 2.05) is 24.3 Å². The van der Waals surface area contributed by atoms with Crippen LogP contribution in [0.2, 0.25) is 0 Å². The lowest BCUT2D eigenvalue weighted by Crippen LogP contribution is -1.88. The molecule has 2 aromatic carbocycles. The maximum absolute atomic E-state index is 9.53. The minimum atomic E-state index is 0.215. The molecular formula is C15H11N5OS. The van der Waals surface area contributed by atoms with Crippen LogP contribution in [0.5, 0.6) is 5.75 Å². The Labute approximate surface area is 129 Å². The number of hydrogen-bond donors (Lipinski definition) is 3. The second-order valence-electron chi connectivity index (χ2n) is 4.76. The van der Waals surface area contributed by atoms with E-state index in [4.69, 9.17) is 0 Å². The van der Waals surface area contributed by atoms with Gasteiger partial charge in [-0.1, -0.05) is 23.5 Å². The SMILES string of the molecule is Oc1cccc(-c2nnc(Nc3ccc4[nH]ncc4c3)s2)c1. The predicted molar refractivity (Wildman–Crippen MR) is 86.4 cm³/mol. The molecule has 0 radical (unpaired) electrons. The van der Waals surface area contributed by atoms with Gasteiger partial charge in [0.25, 0.3) is 0 Å². The van der Waals surface area contributed by atoms with Crippen LogP contribution in [0.4, 0.5) is 10.8 Å². The topological polar surface area (TPSA) is 86.7 Å². The second-order valence-corrected chi connectivity index (χ2v) is 5.74. The van der Waals surface area contributed by atoms with Crippen molar-refractivity contribution >= 4 is 33.1 Å². The third-order valence-electron chi connectivity index (χ3n) is 3.21.